The van der Waals surface area contributed by atoms with Gasteiger partial charge in [-0.2, -0.15) is 0 Å². The highest BCUT2D eigenvalue weighted by Gasteiger charge is 2.37. The number of benzene rings is 7. The fraction of sp³-hybridized carbons (Fsp3) is 0.0417. The first-order valence-corrected chi connectivity index (χ1v) is 18.5. The third-order valence-corrected chi connectivity index (χ3v) is 12.1. The summed E-state index contributed by atoms with van der Waals surface area (Å²) >= 11 is 1.89. The van der Waals surface area contributed by atoms with Crippen LogP contribution >= 0.6 is 11.3 Å². The van der Waals surface area contributed by atoms with E-state index in [1.54, 1.807) is 0 Å². The Balaban J connectivity index is 1.01. The number of hydrogen-bond donors (Lipinski definition) is 0. The maximum Gasteiger partial charge on any atom is 0.0629 e. The zero-order valence-corrected chi connectivity index (χ0v) is 28.6. The molecule has 51 heavy (non-hydrogen) atoms. The number of hydrogen-bond acceptors (Lipinski definition) is 2. The first kappa shape index (κ1) is 28.7. The lowest BCUT2D eigenvalue weighted by Gasteiger charge is -2.29. The van der Waals surface area contributed by atoms with Gasteiger partial charge in [0.1, 0.15) is 0 Å². The summed E-state index contributed by atoms with van der Waals surface area (Å²) in [4.78, 5) is 2.54. The maximum absolute atomic E-state index is 2.54. The van der Waals surface area contributed by atoms with Crippen molar-refractivity contribution in [3.05, 3.63) is 188 Å². The second kappa shape index (κ2) is 11.2. The standard InChI is InChI=1S/C48H32N2S/c1-5-22-43-37(16-1)38-17-2-6-23-44(38)50(43)35-26-27-46-42(30-35)39-18-3-7-24-45(39)49(46)34-15-10-13-32(29-34)31-12-9-14-33(28-31)36-20-11-21-41-40-19-4-8-25-47(40)51-48(36)41/h1-30,39,45H. The third kappa shape index (κ3) is 4.35. The molecule has 7 aromatic carbocycles. The molecule has 2 nitrogen and oxygen atoms in total. The average Bonchev–Trinajstić information content (AvgIpc) is 3.86. The van der Waals surface area contributed by atoms with Gasteiger partial charge in [0.2, 0.25) is 0 Å². The summed E-state index contributed by atoms with van der Waals surface area (Å²) in [7, 11) is 0. The lowest BCUT2D eigenvalue weighted by Crippen LogP contribution is -2.28. The molecule has 240 valence electrons. The Labute approximate surface area is 300 Å². The summed E-state index contributed by atoms with van der Waals surface area (Å²) < 4.78 is 5.11. The van der Waals surface area contributed by atoms with E-state index in [1.807, 2.05) is 11.3 Å². The van der Waals surface area contributed by atoms with Gasteiger partial charge in [-0.05, 0) is 82.4 Å². The van der Waals surface area contributed by atoms with Crippen molar-refractivity contribution in [3.8, 4) is 27.9 Å². The number of nitrogens with zero attached hydrogens (tertiary/aromatic N) is 2. The molecule has 3 heteroatoms. The van der Waals surface area contributed by atoms with Crippen LogP contribution in [0.25, 0.3) is 69.9 Å². The molecule has 3 heterocycles. The van der Waals surface area contributed by atoms with Crippen LogP contribution < -0.4 is 4.90 Å². The van der Waals surface area contributed by atoms with E-state index < -0.39 is 0 Å². The van der Waals surface area contributed by atoms with Crippen LogP contribution in [-0.2, 0) is 0 Å². The molecule has 2 aromatic heterocycles. The number of para-hydroxylation sites is 2. The Kier molecular flexibility index (Phi) is 6.28. The number of rotatable bonds is 4. The molecule has 1 aliphatic carbocycles. The van der Waals surface area contributed by atoms with Crippen LogP contribution in [0.4, 0.5) is 11.4 Å². The van der Waals surface area contributed by atoms with Gasteiger partial charge in [-0.3, -0.25) is 0 Å². The van der Waals surface area contributed by atoms with Crippen LogP contribution in [-0.4, -0.2) is 10.6 Å². The normalized spacial score (nSPS) is 16.4. The molecule has 0 saturated heterocycles. The largest absolute Gasteiger partial charge is 0.333 e. The first-order valence-electron chi connectivity index (χ1n) is 17.7. The van der Waals surface area contributed by atoms with E-state index in [4.69, 9.17) is 0 Å². The van der Waals surface area contributed by atoms with Crippen LogP contribution in [0, 0.1) is 0 Å². The number of aromatic nitrogens is 1. The van der Waals surface area contributed by atoms with Crippen molar-refractivity contribution in [2.75, 3.05) is 4.90 Å². The van der Waals surface area contributed by atoms with Crippen LogP contribution in [0.15, 0.2) is 182 Å². The topological polar surface area (TPSA) is 8.17 Å². The lowest BCUT2D eigenvalue weighted by molar-refractivity contribution is 0.744. The van der Waals surface area contributed by atoms with Crippen molar-refractivity contribution in [2.45, 2.75) is 12.0 Å². The number of allylic oxidation sites excluding steroid dienone is 2. The third-order valence-electron chi connectivity index (χ3n) is 10.9. The summed E-state index contributed by atoms with van der Waals surface area (Å²) in [5.41, 5.74) is 12.5. The molecule has 11 rings (SSSR count). The molecule has 1 aliphatic heterocycles. The fourth-order valence-corrected chi connectivity index (χ4v) is 9.88. The zero-order chi connectivity index (χ0) is 33.5. The molecule has 0 saturated carbocycles. The van der Waals surface area contributed by atoms with E-state index in [0.29, 0.717) is 0 Å². The monoisotopic (exact) mass is 668 g/mol. The highest BCUT2D eigenvalue weighted by molar-refractivity contribution is 7.26. The molecule has 2 atom stereocenters. The summed E-state index contributed by atoms with van der Waals surface area (Å²) in [5, 5.41) is 5.24. The Bertz CT molecular complexity index is 2850. The van der Waals surface area contributed by atoms with E-state index in [2.05, 4.69) is 191 Å². The number of fused-ring (bicyclic) bond motifs is 9. The Hall–Kier alpha value is -6.16. The van der Waals surface area contributed by atoms with Gasteiger partial charge in [0.25, 0.3) is 0 Å². The van der Waals surface area contributed by atoms with Crippen LogP contribution in [0.1, 0.15) is 11.5 Å². The van der Waals surface area contributed by atoms with Gasteiger partial charge >= 0.3 is 0 Å². The van der Waals surface area contributed by atoms with Gasteiger partial charge in [-0.1, -0.05) is 127 Å². The number of anilines is 2. The summed E-state index contributed by atoms with van der Waals surface area (Å²) in [6.07, 6.45) is 9.15. The molecule has 0 amide bonds. The smallest absolute Gasteiger partial charge is 0.0629 e. The second-order valence-corrected chi connectivity index (χ2v) is 14.7. The predicted octanol–water partition coefficient (Wildman–Crippen LogP) is 13.2. The SMILES string of the molecule is C1=CC2c3cc(-n4c5ccccc5c5ccccc54)ccc3N(c3cccc(-c4cccc(-c5cccc6c5sc5ccccc56)c4)c3)C2C=C1. The van der Waals surface area contributed by atoms with Gasteiger partial charge in [0.15, 0.2) is 0 Å². The van der Waals surface area contributed by atoms with Crippen LogP contribution in [0.2, 0.25) is 0 Å². The molecule has 0 radical (unpaired) electrons. The van der Waals surface area contributed by atoms with Gasteiger partial charge in [-0.15, -0.1) is 11.3 Å². The summed E-state index contributed by atoms with van der Waals surface area (Å²) in [6, 6.07) is 58.4. The van der Waals surface area contributed by atoms with E-state index >= 15 is 0 Å². The molecule has 0 spiro atoms. The molecule has 2 unspecified atom stereocenters. The highest BCUT2D eigenvalue weighted by atomic mass is 32.1. The summed E-state index contributed by atoms with van der Waals surface area (Å²) in [6.45, 7) is 0. The van der Waals surface area contributed by atoms with Crippen LogP contribution in [0.5, 0.6) is 0 Å². The van der Waals surface area contributed by atoms with E-state index in [9.17, 15) is 0 Å². The zero-order valence-electron chi connectivity index (χ0n) is 27.8. The fourth-order valence-electron chi connectivity index (χ4n) is 8.65. The minimum Gasteiger partial charge on any atom is -0.333 e. The number of thiophene rings is 1. The Morgan fingerprint density at radius 3 is 1.98 bits per heavy atom. The van der Waals surface area contributed by atoms with Crippen LogP contribution in [0.3, 0.4) is 0 Å². The molecule has 2 aliphatic rings. The molecule has 0 fully saturated rings. The highest BCUT2D eigenvalue weighted by Crippen LogP contribution is 2.49. The van der Waals surface area contributed by atoms with Crippen molar-refractivity contribution in [2.24, 2.45) is 0 Å². The van der Waals surface area contributed by atoms with E-state index in [1.165, 1.54) is 86.9 Å². The van der Waals surface area contributed by atoms with Gasteiger partial charge in [-0.25, -0.2) is 0 Å². The molecule has 0 bridgehead atoms. The molecular weight excluding hydrogens is 637 g/mol. The maximum atomic E-state index is 2.54. The van der Waals surface area contributed by atoms with Crippen molar-refractivity contribution in [1.29, 1.82) is 0 Å². The van der Waals surface area contributed by atoms with E-state index in [-0.39, 0.29) is 12.0 Å². The van der Waals surface area contributed by atoms with Crippen molar-refractivity contribution >= 4 is 64.7 Å². The van der Waals surface area contributed by atoms with Gasteiger partial charge in [0.05, 0.1) is 17.1 Å². The van der Waals surface area contributed by atoms with E-state index in [0.717, 1.165) is 0 Å². The van der Waals surface area contributed by atoms with Gasteiger partial charge in [0, 0.05) is 53.9 Å². The minimum absolute atomic E-state index is 0.213. The Morgan fingerprint density at radius 1 is 0.471 bits per heavy atom. The van der Waals surface area contributed by atoms with Crippen molar-refractivity contribution in [1.82, 2.24) is 4.57 Å². The molecule has 0 N–H and O–H groups in total. The average molecular weight is 669 g/mol. The first-order chi connectivity index (χ1) is 25.3. The van der Waals surface area contributed by atoms with Gasteiger partial charge < -0.3 is 9.47 Å². The lowest BCUT2D eigenvalue weighted by atomic mass is 9.91. The minimum atomic E-state index is 0.213. The summed E-state index contributed by atoms with van der Waals surface area (Å²) in [5.74, 6) is 0.270. The van der Waals surface area contributed by atoms with Crippen molar-refractivity contribution in [3.63, 3.8) is 0 Å². The van der Waals surface area contributed by atoms with Crippen molar-refractivity contribution < 1.29 is 0 Å². The molecule has 9 aromatic rings. The predicted molar refractivity (Wildman–Crippen MR) is 218 cm³/mol. The Morgan fingerprint density at radius 2 is 1.14 bits per heavy atom. The quantitative estimate of drug-likeness (QED) is 0.181. The molecular formula is C48H32N2S. The second-order valence-electron chi connectivity index (χ2n) is 13.7.